The second kappa shape index (κ2) is 2.77. The van der Waals surface area contributed by atoms with E-state index in [9.17, 15) is 0 Å². The van der Waals surface area contributed by atoms with Crippen molar-refractivity contribution in [3.63, 3.8) is 0 Å². The molecule has 0 heterocycles. The van der Waals surface area contributed by atoms with Crippen molar-refractivity contribution in [3.05, 3.63) is 12.2 Å². The first-order chi connectivity index (χ1) is 4.66. The van der Waals surface area contributed by atoms with Gasteiger partial charge in [-0.15, -0.1) is 0 Å². The van der Waals surface area contributed by atoms with E-state index in [0.717, 1.165) is 17.8 Å². The molecule has 0 N–H and O–H groups in total. The van der Waals surface area contributed by atoms with Gasteiger partial charge in [0.1, 0.15) is 0 Å². The SMILES string of the molecule is C=C(C)C(CC)C1CC1C. The fraction of sp³-hybridized carbons (Fsp3) is 0.800. The van der Waals surface area contributed by atoms with Crippen molar-refractivity contribution in [2.75, 3.05) is 0 Å². The Labute approximate surface area is 64.3 Å². The maximum Gasteiger partial charge on any atom is -0.0180 e. The number of allylic oxidation sites excluding steroid dienone is 1. The third-order valence-electron chi connectivity index (χ3n) is 2.76. The Hall–Kier alpha value is -0.260. The van der Waals surface area contributed by atoms with Gasteiger partial charge in [-0.1, -0.05) is 26.0 Å². The predicted molar refractivity (Wildman–Crippen MR) is 45.9 cm³/mol. The molecule has 3 atom stereocenters. The van der Waals surface area contributed by atoms with Crippen LogP contribution in [-0.4, -0.2) is 0 Å². The molecule has 0 spiro atoms. The van der Waals surface area contributed by atoms with Crippen LogP contribution in [0.4, 0.5) is 0 Å². The molecule has 1 rings (SSSR count). The molecule has 1 fully saturated rings. The van der Waals surface area contributed by atoms with Crippen LogP contribution in [0, 0.1) is 17.8 Å². The first kappa shape index (κ1) is 7.84. The van der Waals surface area contributed by atoms with Gasteiger partial charge >= 0.3 is 0 Å². The lowest BCUT2D eigenvalue weighted by Gasteiger charge is -2.13. The number of rotatable bonds is 3. The van der Waals surface area contributed by atoms with Gasteiger partial charge in [-0.3, -0.25) is 0 Å². The Balaban J connectivity index is 2.42. The number of hydrogen-bond acceptors (Lipinski definition) is 0. The minimum absolute atomic E-state index is 0.815. The fourth-order valence-corrected chi connectivity index (χ4v) is 1.93. The Kier molecular flexibility index (Phi) is 2.18. The molecule has 0 amide bonds. The third-order valence-corrected chi connectivity index (χ3v) is 2.76. The fourth-order valence-electron chi connectivity index (χ4n) is 1.93. The molecule has 0 saturated heterocycles. The number of hydrogen-bond donors (Lipinski definition) is 0. The Morgan fingerprint density at radius 3 is 2.30 bits per heavy atom. The summed E-state index contributed by atoms with van der Waals surface area (Å²) in [6.07, 6.45) is 2.72. The lowest BCUT2D eigenvalue weighted by molar-refractivity contribution is 0.495. The van der Waals surface area contributed by atoms with E-state index in [0.29, 0.717) is 0 Å². The average Bonchev–Trinajstić information content (AvgIpc) is 2.48. The van der Waals surface area contributed by atoms with E-state index in [1.165, 1.54) is 18.4 Å². The minimum Gasteiger partial charge on any atom is -0.0999 e. The highest BCUT2D eigenvalue weighted by molar-refractivity contribution is 5.04. The first-order valence-electron chi connectivity index (χ1n) is 4.32. The van der Waals surface area contributed by atoms with E-state index < -0.39 is 0 Å². The lowest BCUT2D eigenvalue weighted by atomic mass is 9.93. The lowest BCUT2D eigenvalue weighted by Crippen LogP contribution is -2.02. The van der Waals surface area contributed by atoms with Crippen LogP contribution in [0.25, 0.3) is 0 Å². The van der Waals surface area contributed by atoms with E-state index in [1.54, 1.807) is 0 Å². The van der Waals surface area contributed by atoms with E-state index >= 15 is 0 Å². The second-order valence-electron chi connectivity index (χ2n) is 3.74. The normalized spacial score (nSPS) is 33.5. The molecule has 1 aliphatic rings. The standard InChI is InChI=1S/C10H18/c1-5-9(7(2)3)10-6-8(10)4/h8-10H,2,5-6H2,1,3-4H3. The molecule has 0 radical (unpaired) electrons. The molecule has 1 saturated carbocycles. The maximum absolute atomic E-state index is 4.02. The summed E-state index contributed by atoms with van der Waals surface area (Å²) in [6.45, 7) is 10.8. The summed E-state index contributed by atoms with van der Waals surface area (Å²) in [5.74, 6) is 2.76. The van der Waals surface area contributed by atoms with Crippen LogP contribution in [0.5, 0.6) is 0 Å². The van der Waals surface area contributed by atoms with Crippen molar-refractivity contribution in [2.45, 2.75) is 33.6 Å². The van der Waals surface area contributed by atoms with E-state index in [-0.39, 0.29) is 0 Å². The van der Waals surface area contributed by atoms with Gasteiger partial charge in [-0.05, 0) is 37.5 Å². The van der Waals surface area contributed by atoms with E-state index in [4.69, 9.17) is 0 Å². The molecule has 10 heavy (non-hydrogen) atoms. The van der Waals surface area contributed by atoms with Gasteiger partial charge in [0.15, 0.2) is 0 Å². The van der Waals surface area contributed by atoms with Gasteiger partial charge in [-0.25, -0.2) is 0 Å². The first-order valence-corrected chi connectivity index (χ1v) is 4.32. The molecule has 3 unspecified atom stereocenters. The quantitative estimate of drug-likeness (QED) is 0.525. The molecular weight excluding hydrogens is 120 g/mol. The zero-order chi connectivity index (χ0) is 7.72. The summed E-state index contributed by atoms with van der Waals surface area (Å²) >= 11 is 0. The van der Waals surface area contributed by atoms with Crippen LogP contribution >= 0.6 is 0 Å². The van der Waals surface area contributed by atoms with Crippen LogP contribution in [-0.2, 0) is 0 Å². The molecule has 0 heteroatoms. The largest absolute Gasteiger partial charge is 0.0999 e. The molecule has 0 aromatic heterocycles. The smallest absolute Gasteiger partial charge is 0.0180 e. The van der Waals surface area contributed by atoms with E-state index in [2.05, 4.69) is 27.4 Å². The summed E-state index contributed by atoms with van der Waals surface area (Å²) in [7, 11) is 0. The Bertz CT molecular complexity index is 135. The maximum atomic E-state index is 4.02. The molecule has 0 nitrogen and oxygen atoms in total. The van der Waals surface area contributed by atoms with Crippen molar-refractivity contribution in [1.82, 2.24) is 0 Å². The van der Waals surface area contributed by atoms with Gasteiger partial charge < -0.3 is 0 Å². The van der Waals surface area contributed by atoms with Crippen molar-refractivity contribution in [1.29, 1.82) is 0 Å². The van der Waals surface area contributed by atoms with Crippen LogP contribution in [0.2, 0.25) is 0 Å². The second-order valence-corrected chi connectivity index (χ2v) is 3.74. The molecule has 0 aliphatic heterocycles. The Morgan fingerprint density at radius 1 is 1.70 bits per heavy atom. The van der Waals surface area contributed by atoms with Gasteiger partial charge in [-0.2, -0.15) is 0 Å². The topological polar surface area (TPSA) is 0 Å². The molecule has 0 aromatic rings. The van der Waals surface area contributed by atoms with Gasteiger partial charge in [0.25, 0.3) is 0 Å². The molecular formula is C10H18. The summed E-state index contributed by atoms with van der Waals surface area (Å²) in [6, 6.07) is 0. The zero-order valence-corrected chi connectivity index (χ0v) is 7.35. The van der Waals surface area contributed by atoms with Crippen LogP contribution in [0.3, 0.4) is 0 Å². The highest BCUT2D eigenvalue weighted by atomic mass is 14.4. The summed E-state index contributed by atoms with van der Waals surface area (Å²) in [5, 5.41) is 0. The van der Waals surface area contributed by atoms with Crippen molar-refractivity contribution >= 4 is 0 Å². The van der Waals surface area contributed by atoms with Crippen molar-refractivity contribution < 1.29 is 0 Å². The third kappa shape index (κ3) is 1.42. The highest BCUT2D eigenvalue weighted by Crippen LogP contribution is 2.47. The summed E-state index contributed by atoms with van der Waals surface area (Å²) in [4.78, 5) is 0. The van der Waals surface area contributed by atoms with Crippen LogP contribution in [0.1, 0.15) is 33.6 Å². The average molecular weight is 138 g/mol. The van der Waals surface area contributed by atoms with Gasteiger partial charge in [0.05, 0.1) is 0 Å². The minimum atomic E-state index is 0.815. The summed E-state index contributed by atoms with van der Waals surface area (Å²) < 4.78 is 0. The molecule has 58 valence electrons. The zero-order valence-electron chi connectivity index (χ0n) is 7.35. The van der Waals surface area contributed by atoms with Crippen molar-refractivity contribution in [3.8, 4) is 0 Å². The van der Waals surface area contributed by atoms with Crippen LogP contribution < -0.4 is 0 Å². The molecule has 0 bridgehead atoms. The van der Waals surface area contributed by atoms with E-state index in [1.807, 2.05) is 0 Å². The molecule has 0 aromatic carbocycles. The molecule has 1 aliphatic carbocycles. The Morgan fingerprint density at radius 2 is 2.20 bits per heavy atom. The predicted octanol–water partition coefficient (Wildman–Crippen LogP) is 3.24. The highest BCUT2D eigenvalue weighted by Gasteiger charge is 2.38. The summed E-state index contributed by atoms with van der Waals surface area (Å²) in [5.41, 5.74) is 1.39. The van der Waals surface area contributed by atoms with Crippen LogP contribution in [0.15, 0.2) is 12.2 Å². The van der Waals surface area contributed by atoms with Gasteiger partial charge in [0, 0.05) is 0 Å². The van der Waals surface area contributed by atoms with Gasteiger partial charge in [0.2, 0.25) is 0 Å². The van der Waals surface area contributed by atoms with Crippen molar-refractivity contribution in [2.24, 2.45) is 17.8 Å². The monoisotopic (exact) mass is 138 g/mol.